The number of aliphatic imine (C=N–C) groups is 1. The highest BCUT2D eigenvalue weighted by molar-refractivity contribution is 7.88. The molecule has 1 fully saturated rings. The maximum absolute atomic E-state index is 12.9. The lowest BCUT2D eigenvalue weighted by molar-refractivity contribution is 0.0549. The Morgan fingerprint density at radius 3 is 2.55 bits per heavy atom. The first kappa shape index (κ1) is 26.7. The number of allylic oxidation sites excluding steroid dienone is 1. The van der Waals surface area contributed by atoms with Crippen LogP contribution in [0.25, 0.3) is 0 Å². The van der Waals surface area contributed by atoms with E-state index in [9.17, 15) is 13.2 Å². The fourth-order valence-corrected chi connectivity index (χ4v) is 6.31. The van der Waals surface area contributed by atoms with Crippen molar-refractivity contribution in [3.8, 4) is 0 Å². The zero-order valence-electron chi connectivity index (χ0n) is 21.3. The van der Waals surface area contributed by atoms with Crippen molar-refractivity contribution in [3.63, 3.8) is 0 Å². The van der Waals surface area contributed by atoms with E-state index in [4.69, 9.17) is 28.2 Å². The summed E-state index contributed by atoms with van der Waals surface area (Å²) in [4.78, 5) is 24.1. The molecule has 1 aromatic heterocycles. The number of hydrogen-bond donors (Lipinski definition) is 1. The van der Waals surface area contributed by atoms with Gasteiger partial charge in [0.15, 0.2) is 0 Å². The van der Waals surface area contributed by atoms with Crippen LogP contribution in [-0.4, -0.2) is 89.2 Å². The van der Waals surface area contributed by atoms with Crippen LogP contribution in [0.4, 0.5) is 0 Å². The molecule has 1 saturated heterocycles. The molecular weight excluding hydrogens is 549 g/mol. The number of rotatable bonds is 6. The number of carbonyl (C=O) groups excluding carboxylic acids is 1. The number of amides is 1. The van der Waals surface area contributed by atoms with Gasteiger partial charge in [-0.15, -0.1) is 0 Å². The van der Waals surface area contributed by atoms with Gasteiger partial charge < -0.3 is 9.80 Å². The van der Waals surface area contributed by atoms with Crippen molar-refractivity contribution in [2.45, 2.75) is 18.5 Å². The number of fused-ring (bicyclic) bond motifs is 1. The number of nitrogens with one attached hydrogen (secondary N) is 1. The summed E-state index contributed by atoms with van der Waals surface area (Å²) in [6.45, 7) is 5.23. The lowest BCUT2D eigenvalue weighted by atomic mass is 9.86. The summed E-state index contributed by atoms with van der Waals surface area (Å²) in [5.74, 6) is 0.690. The molecule has 0 radical (unpaired) electrons. The third-order valence-corrected chi connectivity index (χ3v) is 8.21. The molecular formula is C25H29Cl2N7O3S. The molecule has 1 aromatic carbocycles. The fraction of sp³-hybridized carbons (Fsp3) is 0.400. The van der Waals surface area contributed by atoms with Crippen LogP contribution >= 0.6 is 23.2 Å². The predicted octanol–water partition coefficient (Wildman–Crippen LogP) is 2.66. The standard InChI is InChI=1S/C25H29Cl2N7O3S/c1-25(16-32-8-10-33(11-9-32)24(35)17-13-28-31(2)14-17)23(20-6-4-18(26)12-21(20)27)29-22-7-5-19(15-34(22)25)30-38(3,36)37/h4-7,12-15,23,30H,8-11,16H2,1-3H3. The molecule has 3 aliphatic rings. The number of amidine groups is 1. The normalized spacial score (nSPS) is 23.8. The molecule has 0 aliphatic carbocycles. The molecule has 1 amide bonds. The summed E-state index contributed by atoms with van der Waals surface area (Å²) in [5.41, 5.74) is 1.27. The average Bonchev–Trinajstić information content (AvgIpc) is 3.39. The molecule has 10 nitrogen and oxygen atoms in total. The van der Waals surface area contributed by atoms with Gasteiger partial charge in [-0.05, 0) is 36.8 Å². The molecule has 2 atom stereocenters. The molecule has 2 unspecified atom stereocenters. The van der Waals surface area contributed by atoms with E-state index in [1.165, 1.54) is 0 Å². The summed E-state index contributed by atoms with van der Waals surface area (Å²) in [6, 6.07) is 5.06. The largest absolute Gasteiger partial charge is 0.336 e. The summed E-state index contributed by atoms with van der Waals surface area (Å²) in [7, 11) is -1.67. The molecule has 4 heterocycles. The minimum absolute atomic E-state index is 0.0261. The number of aryl methyl sites for hydroxylation is 1. The van der Waals surface area contributed by atoms with Gasteiger partial charge >= 0.3 is 0 Å². The number of nitrogens with zero attached hydrogens (tertiary/aromatic N) is 6. The fourth-order valence-electron chi connectivity index (χ4n) is 5.25. The lowest BCUT2D eigenvalue weighted by Gasteiger charge is -2.45. The molecule has 13 heteroatoms. The van der Waals surface area contributed by atoms with Crippen molar-refractivity contribution < 1.29 is 13.2 Å². The van der Waals surface area contributed by atoms with Crippen LogP contribution in [0, 0.1) is 0 Å². The number of aromatic nitrogens is 2. The SMILES string of the molecule is Cn1cc(C(=O)N2CCN(CC3(C)C(c4ccc(Cl)cc4Cl)N=C4C=CC(NS(C)(=O)=O)=CN43)CC2)cn1. The monoisotopic (exact) mass is 577 g/mol. The molecule has 202 valence electrons. The molecule has 38 heavy (non-hydrogen) atoms. The van der Waals surface area contributed by atoms with E-state index in [1.54, 1.807) is 54.6 Å². The van der Waals surface area contributed by atoms with E-state index in [1.807, 2.05) is 15.9 Å². The van der Waals surface area contributed by atoms with E-state index in [0.29, 0.717) is 59.9 Å². The summed E-state index contributed by atoms with van der Waals surface area (Å²) >= 11 is 12.8. The van der Waals surface area contributed by atoms with Crippen LogP contribution in [0.15, 0.2) is 59.6 Å². The number of benzene rings is 1. The highest BCUT2D eigenvalue weighted by Gasteiger charge is 2.49. The highest BCUT2D eigenvalue weighted by atomic mass is 35.5. The van der Waals surface area contributed by atoms with Crippen LogP contribution in [0.1, 0.15) is 28.9 Å². The Morgan fingerprint density at radius 1 is 1.18 bits per heavy atom. The maximum Gasteiger partial charge on any atom is 0.257 e. The Labute approximate surface area is 232 Å². The zero-order chi connectivity index (χ0) is 27.2. The molecule has 0 spiro atoms. The first-order valence-corrected chi connectivity index (χ1v) is 14.8. The van der Waals surface area contributed by atoms with Crippen LogP contribution in [-0.2, 0) is 17.1 Å². The van der Waals surface area contributed by atoms with E-state index < -0.39 is 15.6 Å². The van der Waals surface area contributed by atoms with Gasteiger partial charge in [0.25, 0.3) is 5.91 Å². The quantitative estimate of drug-likeness (QED) is 0.566. The van der Waals surface area contributed by atoms with E-state index >= 15 is 0 Å². The van der Waals surface area contributed by atoms with Crippen molar-refractivity contribution in [1.29, 1.82) is 0 Å². The molecule has 5 rings (SSSR count). The van der Waals surface area contributed by atoms with Crippen molar-refractivity contribution in [3.05, 3.63) is 75.8 Å². The van der Waals surface area contributed by atoms with Gasteiger partial charge in [-0.3, -0.25) is 24.1 Å². The molecule has 3 aliphatic heterocycles. The van der Waals surface area contributed by atoms with Gasteiger partial charge in [-0.25, -0.2) is 8.42 Å². The summed E-state index contributed by atoms with van der Waals surface area (Å²) in [5, 5.41) is 5.17. The Kier molecular flexibility index (Phi) is 7.06. The second kappa shape index (κ2) is 10.0. The minimum atomic E-state index is -3.46. The van der Waals surface area contributed by atoms with Gasteiger partial charge in [0.1, 0.15) is 11.9 Å². The van der Waals surface area contributed by atoms with Crippen LogP contribution in [0.5, 0.6) is 0 Å². The van der Waals surface area contributed by atoms with Crippen molar-refractivity contribution in [1.82, 2.24) is 29.2 Å². The van der Waals surface area contributed by atoms with Crippen molar-refractivity contribution >= 4 is 45.0 Å². The Balaban J connectivity index is 1.40. The van der Waals surface area contributed by atoms with Gasteiger partial charge in [-0.2, -0.15) is 5.10 Å². The average molecular weight is 579 g/mol. The Hall–Kier alpha value is -2.86. The zero-order valence-corrected chi connectivity index (χ0v) is 23.6. The molecule has 1 N–H and O–H groups in total. The Bertz CT molecular complexity index is 1460. The topological polar surface area (TPSA) is 103 Å². The van der Waals surface area contributed by atoms with Gasteiger partial charge in [0, 0.05) is 62.2 Å². The number of hydrogen-bond acceptors (Lipinski definition) is 7. The van der Waals surface area contributed by atoms with Crippen molar-refractivity contribution in [2.24, 2.45) is 12.0 Å². The number of sulfonamides is 1. The number of halogens is 2. The highest BCUT2D eigenvalue weighted by Crippen LogP contribution is 2.45. The van der Waals surface area contributed by atoms with E-state index in [-0.39, 0.29) is 11.9 Å². The summed E-state index contributed by atoms with van der Waals surface area (Å²) in [6.07, 6.45) is 9.73. The summed E-state index contributed by atoms with van der Waals surface area (Å²) < 4.78 is 28.0. The van der Waals surface area contributed by atoms with Crippen LogP contribution in [0.3, 0.4) is 0 Å². The van der Waals surface area contributed by atoms with E-state index in [0.717, 1.165) is 11.8 Å². The first-order chi connectivity index (χ1) is 17.9. The first-order valence-electron chi connectivity index (χ1n) is 12.1. The molecule has 2 aromatic rings. The van der Waals surface area contributed by atoms with E-state index in [2.05, 4.69) is 21.6 Å². The number of carbonyl (C=O) groups is 1. The third kappa shape index (κ3) is 5.33. The minimum Gasteiger partial charge on any atom is -0.336 e. The second-order valence-electron chi connectivity index (χ2n) is 10.0. The predicted molar refractivity (Wildman–Crippen MR) is 148 cm³/mol. The van der Waals surface area contributed by atoms with Crippen LogP contribution in [0.2, 0.25) is 10.0 Å². The lowest BCUT2D eigenvalue weighted by Crippen LogP contribution is -2.57. The molecule has 0 bridgehead atoms. The Morgan fingerprint density at radius 2 is 1.92 bits per heavy atom. The number of piperazine rings is 1. The van der Waals surface area contributed by atoms with Crippen molar-refractivity contribution in [2.75, 3.05) is 39.0 Å². The molecule has 0 saturated carbocycles. The van der Waals surface area contributed by atoms with Crippen LogP contribution < -0.4 is 4.72 Å². The van der Waals surface area contributed by atoms with Gasteiger partial charge in [0.2, 0.25) is 10.0 Å². The second-order valence-corrected chi connectivity index (χ2v) is 12.6. The van der Waals surface area contributed by atoms with Gasteiger partial charge in [-0.1, -0.05) is 29.3 Å². The maximum atomic E-state index is 12.9. The smallest absolute Gasteiger partial charge is 0.257 e. The third-order valence-electron chi connectivity index (χ3n) is 7.04. The van der Waals surface area contributed by atoms with Gasteiger partial charge in [0.05, 0.1) is 29.3 Å².